The van der Waals surface area contributed by atoms with Crippen molar-refractivity contribution in [3.05, 3.63) is 35.4 Å². The fourth-order valence-electron chi connectivity index (χ4n) is 2.06. The molecule has 0 bridgehead atoms. The van der Waals surface area contributed by atoms with Gasteiger partial charge in [0.05, 0.1) is 11.6 Å². The van der Waals surface area contributed by atoms with E-state index in [4.69, 9.17) is 5.26 Å². The van der Waals surface area contributed by atoms with Crippen molar-refractivity contribution in [2.24, 2.45) is 0 Å². The van der Waals surface area contributed by atoms with E-state index >= 15 is 0 Å². The van der Waals surface area contributed by atoms with Crippen LogP contribution in [0.1, 0.15) is 24.0 Å². The molecule has 0 spiro atoms. The van der Waals surface area contributed by atoms with Crippen molar-refractivity contribution in [2.75, 3.05) is 13.1 Å². The van der Waals surface area contributed by atoms with Crippen LogP contribution in [0.4, 0.5) is 4.39 Å². The highest BCUT2D eigenvalue weighted by Crippen LogP contribution is 2.36. The molecule has 78 valence electrons. The molecule has 0 aliphatic carbocycles. The average molecular weight is 204 g/mol. The van der Waals surface area contributed by atoms with E-state index in [1.807, 2.05) is 0 Å². The van der Waals surface area contributed by atoms with Crippen LogP contribution in [0.25, 0.3) is 0 Å². The number of nitrogens with one attached hydrogen (secondary N) is 1. The highest BCUT2D eigenvalue weighted by atomic mass is 19.1. The average Bonchev–Trinajstić information content (AvgIpc) is 2.30. The van der Waals surface area contributed by atoms with E-state index in [9.17, 15) is 4.39 Å². The SMILES string of the molecule is N#Cc1ccccc1C1(F)CCNCC1. The minimum Gasteiger partial charge on any atom is -0.316 e. The fourth-order valence-corrected chi connectivity index (χ4v) is 2.06. The van der Waals surface area contributed by atoms with E-state index in [1.54, 1.807) is 24.3 Å². The van der Waals surface area contributed by atoms with Crippen molar-refractivity contribution in [1.82, 2.24) is 5.32 Å². The zero-order chi connectivity index (χ0) is 10.7. The number of alkyl halides is 1. The van der Waals surface area contributed by atoms with Crippen LogP contribution in [0.3, 0.4) is 0 Å². The summed E-state index contributed by atoms with van der Waals surface area (Å²) in [6.45, 7) is 1.35. The zero-order valence-corrected chi connectivity index (χ0v) is 8.46. The molecule has 1 N–H and O–H groups in total. The maximum atomic E-state index is 14.6. The van der Waals surface area contributed by atoms with Gasteiger partial charge in [0.1, 0.15) is 5.67 Å². The normalized spacial score (nSPS) is 19.5. The van der Waals surface area contributed by atoms with E-state index in [1.165, 1.54) is 0 Å². The summed E-state index contributed by atoms with van der Waals surface area (Å²) >= 11 is 0. The Morgan fingerprint density at radius 2 is 1.93 bits per heavy atom. The van der Waals surface area contributed by atoms with Crippen LogP contribution < -0.4 is 5.32 Å². The van der Waals surface area contributed by atoms with E-state index in [2.05, 4.69) is 11.4 Å². The van der Waals surface area contributed by atoms with Crippen LogP contribution >= 0.6 is 0 Å². The van der Waals surface area contributed by atoms with E-state index < -0.39 is 5.67 Å². The molecule has 1 saturated heterocycles. The predicted molar refractivity (Wildman–Crippen MR) is 56.0 cm³/mol. The number of halogens is 1. The highest BCUT2D eigenvalue weighted by molar-refractivity contribution is 5.41. The predicted octanol–water partition coefficient (Wildman–Crippen LogP) is 2.11. The first-order valence-electron chi connectivity index (χ1n) is 5.15. The molecule has 1 heterocycles. The lowest BCUT2D eigenvalue weighted by atomic mass is 9.84. The molecule has 1 aliphatic rings. The molecule has 0 unspecified atom stereocenters. The molecule has 0 aromatic heterocycles. The summed E-state index contributed by atoms with van der Waals surface area (Å²) in [5.74, 6) is 0. The molecule has 2 rings (SSSR count). The van der Waals surface area contributed by atoms with Gasteiger partial charge in [0.25, 0.3) is 0 Å². The molecule has 1 aromatic carbocycles. The van der Waals surface area contributed by atoms with Crippen LogP contribution in [0.15, 0.2) is 24.3 Å². The zero-order valence-electron chi connectivity index (χ0n) is 8.46. The molecule has 1 aromatic rings. The molecule has 0 radical (unpaired) electrons. The number of piperidine rings is 1. The fraction of sp³-hybridized carbons (Fsp3) is 0.417. The molecular formula is C12H13FN2. The van der Waals surface area contributed by atoms with Crippen molar-refractivity contribution < 1.29 is 4.39 Å². The summed E-state index contributed by atoms with van der Waals surface area (Å²) in [5.41, 5.74) is -0.312. The summed E-state index contributed by atoms with van der Waals surface area (Å²) in [6.07, 6.45) is 0.900. The van der Waals surface area contributed by atoms with Gasteiger partial charge in [0.2, 0.25) is 0 Å². The second-order valence-corrected chi connectivity index (χ2v) is 3.87. The molecule has 0 saturated carbocycles. The topological polar surface area (TPSA) is 35.8 Å². The number of benzene rings is 1. The first-order valence-corrected chi connectivity index (χ1v) is 5.15. The van der Waals surface area contributed by atoms with Crippen LogP contribution in [-0.2, 0) is 5.67 Å². The minimum absolute atomic E-state index is 0.450. The lowest BCUT2D eigenvalue weighted by molar-refractivity contribution is 0.115. The Morgan fingerprint density at radius 1 is 1.27 bits per heavy atom. The number of nitriles is 1. The van der Waals surface area contributed by atoms with Gasteiger partial charge < -0.3 is 5.32 Å². The monoisotopic (exact) mass is 204 g/mol. The quantitative estimate of drug-likeness (QED) is 0.760. The van der Waals surface area contributed by atoms with Gasteiger partial charge >= 0.3 is 0 Å². The van der Waals surface area contributed by atoms with Gasteiger partial charge in [-0.25, -0.2) is 4.39 Å². The van der Waals surface area contributed by atoms with Crippen molar-refractivity contribution in [2.45, 2.75) is 18.5 Å². The largest absolute Gasteiger partial charge is 0.316 e. The maximum absolute atomic E-state index is 14.6. The van der Waals surface area contributed by atoms with Crippen molar-refractivity contribution in [3.8, 4) is 6.07 Å². The number of rotatable bonds is 1. The summed E-state index contributed by atoms with van der Waals surface area (Å²) in [7, 11) is 0. The van der Waals surface area contributed by atoms with Crippen LogP contribution in [-0.4, -0.2) is 13.1 Å². The van der Waals surface area contributed by atoms with Gasteiger partial charge in [-0.05, 0) is 32.0 Å². The Kier molecular flexibility index (Phi) is 2.70. The van der Waals surface area contributed by atoms with Crippen LogP contribution in [0.5, 0.6) is 0 Å². The standard InChI is InChI=1S/C12H13FN2/c13-12(5-7-15-8-6-12)11-4-2-1-3-10(11)9-14/h1-4,15H,5-8H2. The van der Waals surface area contributed by atoms with Gasteiger partial charge in [-0.2, -0.15) is 5.26 Å². The second-order valence-electron chi connectivity index (χ2n) is 3.87. The van der Waals surface area contributed by atoms with Crippen LogP contribution in [0, 0.1) is 11.3 Å². The van der Waals surface area contributed by atoms with Gasteiger partial charge in [-0.1, -0.05) is 18.2 Å². The lowest BCUT2D eigenvalue weighted by Gasteiger charge is -2.31. The molecule has 1 fully saturated rings. The first-order chi connectivity index (χ1) is 7.26. The summed E-state index contributed by atoms with van der Waals surface area (Å²) in [4.78, 5) is 0. The van der Waals surface area contributed by atoms with Gasteiger partial charge in [-0.15, -0.1) is 0 Å². The molecule has 2 nitrogen and oxygen atoms in total. The molecule has 3 heteroatoms. The van der Waals surface area contributed by atoms with E-state index in [0.29, 0.717) is 37.1 Å². The second kappa shape index (κ2) is 4.00. The Balaban J connectivity index is 2.39. The Hall–Kier alpha value is -1.40. The molecular weight excluding hydrogens is 191 g/mol. The molecule has 1 aliphatic heterocycles. The number of nitrogens with zero attached hydrogens (tertiary/aromatic N) is 1. The summed E-state index contributed by atoms with van der Waals surface area (Å²) in [6, 6.07) is 9.02. The van der Waals surface area contributed by atoms with Gasteiger partial charge in [0.15, 0.2) is 0 Å². The summed E-state index contributed by atoms with van der Waals surface area (Å²) < 4.78 is 14.6. The third-order valence-electron chi connectivity index (χ3n) is 2.93. The number of hydrogen-bond donors (Lipinski definition) is 1. The van der Waals surface area contributed by atoms with Crippen LogP contribution in [0.2, 0.25) is 0 Å². The molecule has 0 atom stereocenters. The highest BCUT2D eigenvalue weighted by Gasteiger charge is 2.35. The van der Waals surface area contributed by atoms with Gasteiger partial charge in [0, 0.05) is 5.56 Å². The van der Waals surface area contributed by atoms with Crippen molar-refractivity contribution in [3.63, 3.8) is 0 Å². The Bertz CT molecular complexity index is 389. The minimum atomic E-state index is -1.32. The Labute approximate surface area is 88.7 Å². The molecule has 0 amide bonds. The van der Waals surface area contributed by atoms with Crippen molar-refractivity contribution in [1.29, 1.82) is 5.26 Å². The number of hydrogen-bond acceptors (Lipinski definition) is 2. The lowest BCUT2D eigenvalue weighted by Crippen LogP contribution is -2.37. The van der Waals surface area contributed by atoms with E-state index in [0.717, 1.165) is 0 Å². The maximum Gasteiger partial charge on any atom is 0.139 e. The third kappa shape index (κ3) is 1.86. The smallest absolute Gasteiger partial charge is 0.139 e. The molecule has 15 heavy (non-hydrogen) atoms. The van der Waals surface area contributed by atoms with Gasteiger partial charge in [-0.3, -0.25) is 0 Å². The summed E-state index contributed by atoms with van der Waals surface area (Å²) in [5, 5.41) is 12.1. The first kappa shape index (κ1) is 10.1. The Morgan fingerprint density at radius 3 is 2.60 bits per heavy atom. The van der Waals surface area contributed by atoms with Crippen molar-refractivity contribution >= 4 is 0 Å². The third-order valence-corrected chi connectivity index (χ3v) is 2.93. The van der Waals surface area contributed by atoms with E-state index in [-0.39, 0.29) is 0 Å².